The van der Waals surface area contributed by atoms with Crippen LogP contribution in [-0.2, 0) is 4.74 Å². The first-order valence-corrected chi connectivity index (χ1v) is 4.36. The second-order valence-corrected chi connectivity index (χ2v) is 3.40. The Morgan fingerprint density at radius 1 is 1.38 bits per heavy atom. The van der Waals surface area contributed by atoms with Crippen molar-refractivity contribution < 1.29 is 9.53 Å². The van der Waals surface area contributed by atoms with Gasteiger partial charge in [-0.3, -0.25) is 0 Å². The Hall–Kier alpha value is -0.730. The highest BCUT2D eigenvalue weighted by Crippen LogP contribution is 2.24. The third-order valence-electron chi connectivity index (χ3n) is 1.71. The number of esters is 1. The minimum atomic E-state index is -0.429. The van der Waals surface area contributed by atoms with Crippen LogP contribution in [0.25, 0.3) is 0 Å². The first-order valence-electron chi connectivity index (χ1n) is 3.60. The lowest BCUT2D eigenvalue weighted by atomic mass is 10.1. The summed E-state index contributed by atoms with van der Waals surface area (Å²) in [6, 6.07) is 3.12. The van der Waals surface area contributed by atoms with Crippen LogP contribution in [0.2, 0.25) is 10.0 Å². The monoisotopic (exact) mass is 218 g/mol. The number of hydrogen-bond donors (Lipinski definition) is 0. The molecule has 0 radical (unpaired) electrons. The third kappa shape index (κ3) is 2.14. The van der Waals surface area contributed by atoms with Crippen molar-refractivity contribution in [3.05, 3.63) is 33.3 Å². The molecule has 13 heavy (non-hydrogen) atoms. The lowest BCUT2D eigenvalue weighted by molar-refractivity contribution is 0.0600. The molecular formula is C9H8Cl2O2. The van der Waals surface area contributed by atoms with E-state index >= 15 is 0 Å². The number of rotatable bonds is 1. The average molecular weight is 219 g/mol. The summed E-state index contributed by atoms with van der Waals surface area (Å²) in [4.78, 5) is 11.2. The number of carbonyl (C=O) groups is 1. The lowest BCUT2D eigenvalue weighted by Crippen LogP contribution is -2.03. The minimum absolute atomic E-state index is 0.403. The molecular weight excluding hydrogens is 211 g/mol. The molecule has 0 saturated heterocycles. The van der Waals surface area contributed by atoms with E-state index in [2.05, 4.69) is 4.74 Å². The van der Waals surface area contributed by atoms with E-state index in [9.17, 15) is 4.79 Å². The largest absolute Gasteiger partial charge is 0.465 e. The maximum absolute atomic E-state index is 11.2. The summed E-state index contributed by atoms with van der Waals surface area (Å²) in [5, 5.41) is 0.893. The molecule has 1 aromatic carbocycles. The first-order chi connectivity index (χ1) is 6.06. The van der Waals surface area contributed by atoms with E-state index in [-0.39, 0.29) is 0 Å². The van der Waals surface area contributed by atoms with Crippen LogP contribution in [0.3, 0.4) is 0 Å². The summed E-state index contributed by atoms with van der Waals surface area (Å²) in [6.45, 7) is 1.74. The summed E-state index contributed by atoms with van der Waals surface area (Å²) in [5.74, 6) is -0.429. The molecule has 0 N–H and O–H groups in total. The second kappa shape index (κ2) is 3.99. The fourth-order valence-corrected chi connectivity index (χ4v) is 1.46. The lowest BCUT2D eigenvalue weighted by Gasteiger charge is -2.05. The number of carbonyl (C=O) groups excluding carboxylic acids is 1. The van der Waals surface area contributed by atoms with Crippen molar-refractivity contribution in [3.8, 4) is 0 Å². The molecule has 1 aromatic rings. The summed E-state index contributed by atoms with van der Waals surface area (Å²) >= 11 is 11.6. The predicted molar refractivity (Wildman–Crippen MR) is 52.5 cm³/mol. The zero-order valence-corrected chi connectivity index (χ0v) is 8.74. The second-order valence-electron chi connectivity index (χ2n) is 2.55. The molecule has 0 amide bonds. The molecule has 0 atom stereocenters. The minimum Gasteiger partial charge on any atom is -0.465 e. The SMILES string of the molecule is COC(=O)c1cc(Cl)cc(Cl)c1C. The Balaban J connectivity index is 3.28. The molecule has 0 saturated carbocycles. The first kappa shape index (κ1) is 10.4. The number of methoxy groups -OCH3 is 1. The molecule has 0 bridgehead atoms. The zero-order valence-electron chi connectivity index (χ0n) is 7.23. The van der Waals surface area contributed by atoms with E-state index in [1.165, 1.54) is 13.2 Å². The number of ether oxygens (including phenoxy) is 1. The predicted octanol–water partition coefficient (Wildman–Crippen LogP) is 3.09. The molecule has 1 rings (SSSR count). The quantitative estimate of drug-likeness (QED) is 0.678. The van der Waals surface area contributed by atoms with Crippen molar-refractivity contribution in [2.24, 2.45) is 0 Å². The van der Waals surface area contributed by atoms with Gasteiger partial charge in [-0.25, -0.2) is 4.79 Å². The van der Waals surface area contributed by atoms with Crippen LogP contribution >= 0.6 is 23.2 Å². The summed E-state index contributed by atoms with van der Waals surface area (Å²) in [7, 11) is 1.32. The van der Waals surface area contributed by atoms with Crippen LogP contribution in [0.5, 0.6) is 0 Å². The van der Waals surface area contributed by atoms with Crippen molar-refractivity contribution in [2.45, 2.75) is 6.92 Å². The van der Waals surface area contributed by atoms with E-state index < -0.39 is 5.97 Å². The molecule has 0 spiro atoms. The Kier molecular flexibility index (Phi) is 3.17. The molecule has 4 heteroatoms. The third-order valence-corrected chi connectivity index (χ3v) is 2.33. The van der Waals surface area contributed by atoms with Crippen LogP contribution in [0, 0.1) is 6.92 Å². The Morgan fingerprint density at radius 3 is 2.54 bits per heavy atom. The van der Waals surface area contributed by atoms with Gasteiger partial charge in [0.1, 0.15) is 0 Å². The van der Waals surface area contributed by atoms with E-state index in [1.54, 1.807) is 13.0 Å². The molecule has 0 aliphatic carbocycles. The van der Waals surface area contributed by atoms with Gasteiger partial charge in [-0.1, -0.05) is 23.2 Å². The summed E-state index contributed by atoms with van der Waals surface area (Å²) in [6.07, 6.45) is 0. The van der Waals surface area contributed by atoms with Crippen molar-refractivity contribution in [1.82, 2.24) is 0 Å². The van der Waals surface area contributed by atoms with E-state index in [4.69, 9.17) is 23.2 Å². The highest BCUT2D eigenvalue weighted by Gasteiger charge is 2.12. The average Bonchev–Trinajstić information content (AvgIpc) is 2.10. The highest BCUT2D eigenvalue weighted by atomic mass is 35.5. The van der Waals surface area contributed by atoms with Gasteiger partial charge >= 0.3 is 5.97 Å². The number of halogens is 2. The Morgan fingerprint density at radius 2 is 2.00 bits per heavy atom. The molecule has 2 nitrogen and oxygen atoms in total. The molecule has 0 aromatic heterocycles. The van der Waals surface area contributed by atoms with Crippen molar-refractivity contribution in [1.29, 1.82) is 0 Å². The van der Waals surface area contributed by atoms with Gasteiger partial charge in [-0.2, -0.15) is 0 Å². The molecule has 0 fully saturated rings. The van der Waals surface area contributed by atoms with Gasteiger partial charge in [-0.15, -0.1) is 0 Å². The van der Waals surface area contributed by atoms with Gasteiger partial charge in [0.2, 0.25) is 0 Å². The maximum atomic E-state index is 11.2. The van der Waals surface area contributed by atoms with Crippen LogP contribution in [0.15, 0.2) is 12.1 Å². The van der Waals surface area contributed by atoms with E-state index in [0.717, 1.165) is 0 Å². The normalized spacial score (nSPS) is 9.85. The van der Waals surface area contributed by atoms with Gasteiger partial charge in [0, 0.05) is 10.0 Å². The van der Waals surface area contributed by atoms with Gasteiger partial charge in [0.15, 0.2) is 0 Å². The van der Waals surface area contributed by atoms with Gasteiger partial charge in [0.05, 0.1) is 12.7 Å². The Bertz CT molecular complexity index is 348. The van der Waals surface area contributed by atoms with Crippen LogP contribution in [0.1, 0.15) is 15.9 Å². The van der Waals surface area contributed by atoms with Crippen LogP contribution in [0.4, 0.5) is 0 Å². The topological polar surface area (TPSA) is 26.3 Å². The maximum Gasteiger partial charge on any atom is 0.338 e. The fourth-order valence-electron chi connectivity index (χ4n) is 0.968. The number of hydrogen-bond acceptors (Lipinski definition) is 2. The zero-order chi connectivity index (χ0) is 10.0. The van der Waals surface area contributed by atoms with Crippen LogP contribution in [-0.4, -0.2) is 13.1 Å². The van der Waals surface area contributed by atoms with Crippen LogP contribution < -0.4 is 0 Å². The summed E-state index contributed by atoms with van der Waals surface area (Å²) in [5.41, 5.74) is 1.08. The van der Waals surface area contributed by atoms with E-state index in [1.807, 2.05) is 0 Å². The smallest absolute Gasteiger partial charge is 0.338 e. The summed E-state index contributed by atoms with van der Waals surface area (Å²) < 4.78 is 4.57. The molecule has 70 valence electrons. The van der Waals surface area contributed by atoms with Gasteiger partial charge in [-0.05, 0) is 24.6 Å². The van der Waals surface area contributed by atoms with Crippen molar-refractivity contribution in [2.75, 3.05) is 7.11 Å². The van der Waals surface area contributed by atoms with Gasteiger partial charge < -0.3 is 4.74 Å². The molecule has 0 heterocycles. The highest BCUT2D eigenvalue weighted by molar-refractivity contribution is 6.35. The van der Waals surface area contributed by atoms with Crippen molar-refractivity contribution >= 4 is 29.2 Å². The molecule has 0 aliphatic rings. The Labute approximate surface area is 86.4 Å². The fraction of sp³-hybridized carbons (Fsp3) is 0.222. The van der Waals surface area contributed by atoms with E-state index in [0.29, 0.717) is 21.2 Å². The van der Waals surface area contributed by atoms with Crippen molar-refractivity contribution in [3.63, 3.8) is 0 Å². The standard InChI is InChI=1S/C9H8Cl2O2/c1-5-7(9(12)13-2)3-6(10)4-8(5)11/h3-4H,1-2H3. The molecule has 0 unspecified atom stereocenters. The number of benzene rings is 1. The molecule has 0 aliphatic heterocycles. The van der Waals surface area contributed by atoms with Gasteiger partial charge in [0.25, 0.3) is 0 Å².